The molecule has 0 radical (unpaired) electrons. The number of rotatable bonds is 5. The van der Waals surface area contributed by atoms with Gasteiger partial charge in [-0.25, -0.2) is 4.98 Å². The molecule has 0 amide bonds. The Morgan fingerprint density at radius 2 is 1.82 bits per heavy atom. The summed E-state index contributed by atoms with van der Waals surface area (Å²) in [5, 5.41) is 3.55. The lowest BCUT2D eigenvalue weighted by Gasteiger charge is -2.30. The molecule has 0 saturated carbocycles. The molecule has 1 aliphatic rings. The Morgan fingerprint density at radius 1 is 1.00 bits per heavy atom. The second-order valence-corrected chi connectivity index (χ2v) is 8.56. The average Bonchev–Trinajstić information content (AvgIpc) is 3.30. The van der Waals surface area contributed by atoms with Crippen LogP contribution >= 0.6 is 0 Å². The Bertz CT molecular complexity index is 1340. The molecule has 2 aromatic heterocycles. The lowest BCUT2D eigenvalue weighted by molar-refractivity contribution is 0.101. The number of carbonyl (C=O) groups excluding carboxylic acids is 1. The summed E-state index contributed by atoms with van der Waals surface area (Å²) in [6.07, 6.45) is 3.78. The van der Waals surface area contributed by atoms with Crippen molar-refractivity contribution in [3.8, 4) is 11.3 Å². The number of imidazole rings is 1. The number of ketones is 1. The zero-order valence-electron chi connectivity index (χ0n) is 19.3. The van der Waals surface area contributed by atoms with Gasteiger partial charge in [0.1, 0.15) is 0 Å². The first-order valence-corrected chi connectivity index (χ1v) is 11.3. The maximum Gasteiger partial charge on any atom is 0.161 e. The van der Waals surface area contributed by atoms with Gasteiger partial charge in [-0.2, -0.15) is 0 Å². The van der Waals surface area contributed by atoms with E-state index in [1.165, 1.54) is 11.3 Å². The number of anilines is 3. The van der Waals surface area contributed by atoms with Gasteiger partial charge in [0.25, 0.3) is 0 Å². The zero-order chi connectivity index (χ0) is 22.9. The monoisotopic (exact) mass is 440 g/mol. The Kier molecular flexibility index (Phi) is 5.60. The van der Waals surface area contributed by atoms with Gasteiger partial charge in [0, 0.05) is 42.4 Å². The number of ether oxygens (including phenoxy) is 1. The first kappa shape index (κ1) is 21.2. The molecule has 0 aliphatic carbocycles. The first-order valence-electron chi connectivity index (χ1n) is 11.3. The van der Waals surface area contributed by atoms with E-state index in [0.717, 1.165) is 65.7 Å². The van der Waals surface area contributed by atoms with Gasteiger partial charge < -0.3 is 15.0 Å². The number of fused-ring (bicyclic) bond motifs is 1. The summed E-state index contributed by atoms with van der Waals surface area (Å²) < 4.78 is 7.57. The minimum Gasteiger partial charge on any atom is -0.378 e. The van der Waals surface area contributed by atoms with Gasteiger partial charge in [0.15, 0.2) is 11.4 Å². The van der Waals surface area contributed by atoms with Gasteiger partial charge in [-0.1, -0.05) is 12.1 Å². The maximum atomic E-state index is 11.8. The highest BCUT2D eigenvalue weighted by atomic mass is 16.5. The van der Waals surface area contributed by atoms with Crippen molar-refractivity contribution >= 4 is 28.5 Å². The highest BCUT2D eigenvalue weighted by molar-refractivity contribution is 5.96. The van der Waals surface area contributed by atoms with Crippen LogP contribution in [0.2, 0.25) is 0 Å². The molecular formula is C27H28N4O2. The van der Waals surface area contributed by atoms with Gasteiger partial charge in [-0.15, -0.1) is 0 Å². The molecule has 3 heterocycles. The number of carbonyl (C=O) groups is 1. The number of nitrogens with one attached hydrogen (secondary N) is 1. The molecule has 6 nitrogen and oxygen atoms in total. The minimum atomic E-state index is 0.0845. The number of aryl methyl sites for hydroxylation is 2. The topological polar surface area (TPSA) is 58.9 Å². The lowest BCUT2D eigenvalue weighted by atomic mass is 10.0. The molecule has 0 atom stereocenters. The molecular weight excluding hydrogens is 412 g/mol. The Morgan fingerprint density at radius 3 is 2.55 bits per heavy atom. The van der Waals surface area contributed by atoms with Gasteiger partial charge in [0.2, 0.25) is 0 Å². The third-order valence-corrected chi connectivity index (χ3v) is 6.28. The van der Waals surface area contributed by atoms with E-state index in [4.69, 9.17) is 4.74 Å². The first-order chi connectivity index (χ1) is 16.0. The summed E-state index contributed by atoms with van der Waals surface area (Å²) in [6, 6.07) is 16.6. The van der Waals surface area contributed by atoms with Crippen LogP contribution in [0.15, 0.2) is 60.9 Å². The van der Waals surface area contributed by atoms with Crippen molar-refractivity contribution in [2.45, 2.75) is 20.8 Å². The number of nitrogens with zero attached hydrogens (tertiary/aromatic N) is 3. The predicted molar refractivity (Wildman–Crippen MR) is 133 cm³/mol. The van der Waals surface area contributed by atoms with Gasteiger partial charge in [-0.05, 0) is 73.9 Å². The Hall–Kier alpha value is -3.64. The van der Waals surface area contributed by atoms with Crippen LogP contribution in [0.1, 0.15) is 28.4 Å². The van der Waals surface area contributed by atoms with Crippen LogP contribution in [0, 0.1) is 13.8 Å². The van der Waals surface area contributed by atoms with E-state index in [9.17, 15) is 4.79 Å². The maximum absolute atomic E-state index is 11.8. The van der Waals surface area contributed by atoms with Crippen molar-refractivity contribution in [3.63, 3.8) is 0 Å². The molecule has 4 aromatic rings. The number of hydrogen-bond donors (Lipinski definition) is 1. The molecule has 168 valence electrons. The van der Waals surface area contributed by atoms with Crippen LogP contribution in [-0.4, -0.2) is 41.5 Å². The fourth-order valence-electron chi connectivity index (χ4n) is 4.61. The second-order valence-electron chi connectivity index (χ2n) is 8.56. The number of hydrogen-bond acceptors (Lipinski definition) is 5. The molecule has 0 bridgehead atoms. The summed E-state index contributed by atoms with van der Waals surface area (Å²) in [5.41, 5.74) is 9.15. The van der Waals surface area contributed by atoms with E-state index < -0.39 is 0 Å². The summed E-state index contributed by atoms with van der Waals surface area (Å²) in [5.74, 6) is 0.0845. The van der Waals surface area contributed by atoms with Crippen molar-refractivity contribution in [1.82, 2.24) is 9.38 Å². The van der Waals surface area contributed by atoms with Crippen molar-refractivity contribution in [2.75, 3.05) is 36.5 Å². The third kappa shape index (κ3) is 4.10. The van der Waals surface area contributed by atoms with Crippen LogP contribution in [0.4, 0.5) is 17.1 Å². The van der Waals surface area contributed by atoms with Crippen molar-refractivity contribution < 1.29 is 9.53 Å². The molecule has 33 heavy (non-hydrogen) atoms. The van der Waals surface area contributed by atoms with E-state index in [1.807, 2.05) is 31.5 Å². The predicted octanol–water partition coefficient (Wildman–Crippen LogP) is 5.40. The molecule has 2 aromatic carbocycles. The van der Waals surface area contributed by atoms with Crippen LogP contribution in [0.5, 0.6) is 0 Å². The largest absolute Gasteiger partial charge is 0.378 e. The molecule has 5 rings (SSSR count). The summed E-state index contributed by atoms with van der Waals surface area (Å²) in [7, 11) is 0. The van der Waals surface area contributed by atoms with Crippen molar-refractivity contribution in [2.24, 2.45) is 0 Å². The highest BCUT2D eigenvalue weighted by Crippen LogP contribution is 2.30. The van der Waals surface area contributed by atoms with Gasteiger partial charge in [-0.3, -0.25) is 9.20 Å². The molecule has 1 aliphatic heterocycles. The Labute approximate surface area is 193 Å². The summed E-state index contributed by atoms with van der Waals surface area (Å²) in [6.45, 7) is 9.14. The SMILES string of the molecule is CC(=O)c1ccc(-c2ccc(Nc3ccc(N4CCOCC4)c(C)c3)c3nccn23)cc1C. The van der Waals surface area contributed by atoms with E-state index in [0.29, 0.717) is 0 Å². The number of morpholine rings is 1. The minimum absolute atomic E-state index is 0.0845. The molecule has 1 saturated heterocycles. The van der Waals surface area contributed by atoms with E-state index in [2.05, 4.69) is 62.9 Å². The van der Waals surface area contributed by atoms with E-state index in [-0.39, 0.29) is 5.78 Å². The molecule has 6 heteroatoms. The Balaban J connectivity index is 1.45. The normalized spacial score (nSPS) is 14.0. The summed E-state index contributed by atoms with van der Waals surface area (Å²) in [4.78, 5) is 18.8. The number of aromatic nitrogens is 2. The second kappa shape index (κ2) is 8.71. The fourth-order valence-corrected chi connectivity index (χ4v) is 4.61. The van der Waals surface area contributed by atoms with Crippen LogP contribution in [-0.2, 0) is 4.74 Å². The molecule has 0 spiro atoms. The molecule has 0 unspecified atom stereocenters. The van der Waals surface area contributed by atoms with Gasteiger partial charge in [0.05, 0.1) is 24.6 Å². The van der Waals surface area contributed by atoms with E-state index >= 15 is 0 Å². The zero-order valence-corrected chi connectivity index (χ0v) is 19.3. The number of pyridine rings is 1. The number of benzene rings is 2. The quantitative estimate of drug-likeness (QED) is 0.421. The van der Waals surface area contributed by atoms with Crippen molar-refractivity contribution in [1.29, 1.82) is 0 Å². The van der Waals surface area contributed by atoms with Crippen LogP contribution in [0.25, 0.3) is 16.9 Å². The lowest BCUT2D eigenvalue weighted by Crippen LogP contribution is -2.36. The third-order valence-electron chi connectivity index (χ3n) is 6.28. The average molecular weight is 441 g/mol. The van der Waals surface area contributed by atoms with Gasteiger partial charge >= 0.3 is 0 Å². The van der Waals surface area contributed by atoms with Crippen LogP contribution in [0.3, 0.4) is 0 Å². The standard InChI is InChI=1S/C27H28N4O2/c1-18-16-21(4-6-23(18)20(3)32)26-9-7-24(27-28-10-11-31(26)27)29-22-5-8-25(19(2)17-22)30-12-14-33-15-13-30/h4-11,16-17,29H,12-15H2,1-3H3. The summed E-state index contributed by atoms with van der Waals surface area (Å²) >= 11 is 0. The molecule has 1 fully saturated rings. The van der Waals surface area contributed by atoms with E-state index in [1.54, 1.807) is 6.92 Å². The highest BCUT2D eigenvalue weighted by Gasteiger charge is 2.15. The molecule has 1 N–H and O–H groups in total. The smallest absolute Gasteiger partial charge is 0.161 e. The van der Waals surface area contributed by atoms with Crippen LogP contribution < -0.4 is 10.2 Å². The fraction of sp³-hybridized carbons (Fsp3) is 0.259. The van der Waals surface area contributed by atoms with Crippen molar-refractivity contribution in [3.05, 3.63) is 77.6 Å². The number of Topliss-reactive ketones (excluding diaryl/α,β-unsaturated/α-hetero) is 1.